The number of nitrogens with zero attached hydrogens (tertiary/aromatic N) is 5. The van der Waals surface area contributed by atoms with Crippen LogP contribution >= 0.6 is 0 Å². The van der Waals surface area contributed by atoms with Crippen molar-refractivity contribution in [2.75, 3.05) is 33.9 Å². The van der Waals surface area contributed by atoms with Crippen LogP contribution in [0, 0.1) is 5.92 Å². The molecule has 1 aliphatic rings. The number of methoxy groups -OCH3 is 1. The van der Waals surface area contributed by atoms with Crippen molar-refractivity contribution in [3.63, 3.8) is 0 Å². The number of likely N-dealkylation sites (N-methyl/N-ethyl adjacent to an activating group) is 1. The highest BCUT2D eigenvalue weighted by Gasteiger charge is 2.29. The number of ether oxygens (including phenoxy) is 3. The van der Waals surface area contributed by atoms with E-state index in [1.807, 2.05) is 13.8 Å². The minimum Gasteiger partial charge on any atom is -0.497 e. The zero-order chi connectivity index (χ0) is 25.4. The number of rotatable bonds is 6. The second-order valence-corrected chi connectivity index (χ2v) is 8.88. The number of carbonyl (C=O) groups excluding carboxylic acids is 2. The van der Waals surface area contributed by atoms with E-state index in [0.29, 0.717) is 37.4 Å². The highest BCUT2D eigenvalue weighted by molar-refractivity contribution is 5.76. The Labute approximate surface area is 205 Å². The lowest BCUT2D eigenvalue weighted by Gasteiger charge is -2.35. The van der Waals surface area contributed by atoms with E-state index in [2.05, 4.69) is 10.3 Å². The summed E-state index contributed by atoms with van der Waals surface area (Å²) in [5.74, 6) is 0.900. The summed E-state index contributed by atoms with van der Waals surface area (Å²) >= 11 is 0. The van der Waals surface area contributed by atoms with Crippen LogP contribution in [0.2, 0.25) is 0 Å². The molecule has 1 N–H and O–H groups in total. The van der Waals surface area contributed by atoms with Crippen molar-refractivity contribution in [1.29, 1.82) is 0 Å². The third-order valence-corrected chi connectivity index (χ3v) is 6.17. The Hall–Kier alpha value is -3.18. The van der Waals surface area contributed by atoms with E-state index in [1.165, 1.54) is 4.90 Å². The van der Waals surface area contributed by atoms with E-state index in [4.69, 9.17) is 14.2 Å². The van der Waals surface area contributed by atoms with Gasteiger partial charge in [0.2, 0.25) is 5.91 Å². The maximum absolute atomic E-state index is 12.9. The number of carbonyl (C=O) groups is 2. The van der Waals surface area contributed by atoms with E-state index in [0.717, 1.165) is 5.69 Å². The van der Waals surface area contributed by atoms with Gasteiger partial charge in [-0.1, -0.05) is 12.1 Å². The maximum Gasteiger partial charge on any atom is 0.415 e. The summed E-state index contributed by atoms with van der Waals surface area (Å²) in [6.07, 6.45) is 1.67. The van der Waals surface area contributed by atoms with Gasteiger partial charge in [-0.15, -0.1) is 5.10 Å². The van der Waals surface area contributed by atoms with E-state index in [1.54, 1.807) is 54.2 Å². The number of aliphatic hydroxyl groups is 1. The summed E-state index contributed by atoms with van der Waals surface area (Å²) in [7, 11) is 3.21. The van der Waals surface area contributed by atoms with Crippen LogP contribution in [0.5, 0.6) is 11.5 Å². The molecule has 0 bridgehead atoms. The Bertz CT molecular complexity index is 966. The zero-order valence-electron chi connectivity index (χ0n) is 20.8. The van der Waals surface area contributed by atoms with Crippen LogP contribution in [-0.2, 0) is 22.7 Å². The lowest BCUT2D eigenvalue weighted by atomic mass is 10.0. The molecule has 0 spiro atoms. The van der Waals surface area contributed by atoms with E-state index < -0.39 is 12.2 Å². The molecule has 1 aromatic heterocycles. The normalized spacial score (nSPS) is 20.3. The van der Waals surface area contributed by atoms with Crippen LogP contribution in [0.3, 0.4) is 0 Å². The number of hydrogen-bond acceptors (Lipinski definition) is 8. The summed E-state index contributed by atoms with van der Waals surface area (Å²) in [4.78, 5) is 28.8. The van der Waals surface area contributed by atoms with Gasteiger partial charge in [-0.3, -0.25) is 4.79 Å². The van der Waals surface area contributed by atoms with Crippen molar-refractivity contribution in [3.05, 3.63) is 36.2 Å². The summed E-state index contributed by atoms with van der Waals surface area (Å²) in [6, 6.07) is 6.42. The first kappa shape index (κ1) is 26.4. The van der Waals surface area contributed by atoms with Crippen molar-refractivity contribution in [1.82, 2.24) is 24.8 Å². The van der Waals surface area contributed by atoms with E-state index in [9.17, 15) is 14.7 Å². The first-order valence-electron chi connectivity index (χ1n) is 11.8. The molecule has 3 atom stereocenters. The van der Waals surface area contributed by atoms with Gasteiger partial charge in [0.15, 0.2) is 0 Å². The number of aromatic nitrogens is 3. The summed E-state index contributed by atoms with van der Waals surface area (Å²) in [5.41, 5.74) is 0.805. The number of aryl methyl sites for hydroxylation is 1. The summed E-state index contributed by atoms with van der Waals surface area (Å²) < 4.78 is 18.6. The Morgan fingerprint density at radius 3 is 2.71 bits per heavy atom. The zero-order valence-corrected chi connectivity index (χ0v) is 20.8. The van der Waals surface area contributed by atoms with Crippen LogP contribution in [-0.4, -0.2) is 87.9 Å². The van der Waals surface area contributed by atoms with Gasteiger partial charge >= 0.3 is 6.09 Å². The Kier molecular flexibility index (Phi) is 9.44. The maximum atomic E-state index is 12.9. The summed E-state index contributed by atoms with van der Waals surface area (Å²) in [6.45, 7) is 5.11. The number of benzene rings is 1. The molecule has 0 aliphatic carbocycles. The Morgan fingerprint density at radius 2 is 2.03 bits per heavy atom. The smallest absolute Gasteiger partial charge is 0.415 e. The van der Waals surface area contributed by atoms with Crippen molar-refractivity contribution < 1.29 is 28.9 Å². The number of amides is 2. The average Bonchev–Trinajstić information content (AvgIpc) is 3.31. The van der Waals surface area contributed by atoms with Crippen molar-refractivity contribution in [2.24, 2.45) is 5.92 Å². The summed E-state index contributed by atoms with van der Waals surface area (Å²) in [5, 5.41) is 17.8. The number of fused-ring (bicyclic) bond motifs is 1. The van der Waals surface area contributed by atoms with E-state index in [-0.39, 0.29) is 37.6 Å². The van der Waals surface area contributed by atoms with Gasteiger partial charge in [0.1, 0.15) is 11.5 Å². The fraction of sp³-hybridized carbons (Fsp3) is 0.583. The first-order chi connectivity index (χ1) is 16.8. The molecule has 0 radical (unpaired) electrons. The van der Waals surface area contributed by atoms with Crippen LogP contribution < -0.4 is 9.47 Å². The Balaban J connectivity index is 1.74. The van der Waals surface area contributed by atoms with Gasteiger partial charge < -0.3 is 29.1 Å². The molecule has 35 heavy (non-hydrogen) atoms. The molecule has 192 valence electrons. The van der Waals surface area contributed by atoms with Crippen molar-refractivity contribution >= 4 is 12.0 Å². The minimum absolute atomic E-state index is 0.0355. The van der Waals surface area contributed by atoms with Gasteiger partial charge in [-0.05, 0) is 37.6 Å². The molecule has 0 fully saturated rings. The number of hydrogen-bond donors (Lipinski definition) is 1. The van der Waals surface area contributed by atoms with E-state index >= 15 is 0 Å². The average molecular weight is 490 g/mol. The largest absolute Gasteiger partial charge is 0.497 e. The van der Waals surface area contributed by atoms with Gasteiger partial charge in [0.05, 0.1) is 50.9 Å². The standard InChI is InChI=1S/C24H35N5O6/c1-17-13-28(18(2)15-30)23(31)6-5-11-29-19(12-25-26-29)16-34-22(17)14-27(3)24(32)35-21-9-7-20(33-4)8-10-21/h7-10,12,17-18,22,30H,5-6,11,13-16H2,1-4H3/t17-,18+,22-/m0/s1. The van der Waals surface area contributed by atoms with Crippen molar-refractivity contribution in [3.8, 4) is 11.5 Å². The molecule has 0 unspecified atom stereocenters. The number of aliphatic hydroxyl groups excluding tert-OH is 1. The lowest BCUT2D eigenvalue weighted by molar-refractivity contribution is -0.136. The second-order valence-electron chi connectivity index (χ2n) is 8.88. The fourth-order valence-electron chi connectivity index (χ4n) is 3.91. The van der Waals surface area contributed by atoms with Gasteiger partial charge in [0, 0.05) is 32.5 Å². The third kappa shape index (κ3) is 7.15. The van der Waals surface area contributed by atoms with Gasteiger partial charge in [-0.25, -0.2) is 9.48 Å². The quantitative estimate of drug-likeness (QED) is 0.654. The van der Waals surface area contributed by atoms with Crippen LogP contribution in [0.25, 0.3) is 0 Å². The van der Waals surface area contributed by atoms with Crippen LogP contribution in [0.4, 0.5) is 4.79 Å². The molecular formula is C24H35N5O6. The molecule has 11 nitrogen and oxygen atoms in total. The SMILES string of the molecule is COc1ccc(OC(=O)N(C)C[C@@H]2OCc3cnnn3CCCC(=O)N([C@H](C)CO)C[C@@H]2C)cc1. The lowest BCUT2D eigenvalue weighted by Crippen LogP contribution is -2.48. The highest BCUT2D eigenvalue weighted by atomic mass is 16.6. The van der Waals surface area contributed by atoms with Crippen LogP contribution in [0.15, 0.2) is 30.5 Å². The molecule has 2 aromatic rings. The molecule has 2 amide bonds. The molecule has 0 saturated heterocycles. The molecule has 1 aromatic carbocycles. The molecule has 1 aliphatic heterocycles. The predicted molar refractivity (Wildman–Crippen MR) is 127 cm³/mol. The Morgan fingerprint density at radius 1 is 1.31 bits per heavy atom. The van der Waals surface area contributed by atoms with Crippen LogP contribution in [0.1, 0.15) is 32.4 Å². The topological polar surface area (TPSA) is 119 Å². The second kappa shape index (κ2) is 12.5. The molecule has 3 rings (SSSR count). The van der Waals surface area contributed by atoms with Crippen molar-refractivity contribution in [2.45, 2.75) is 52.0 Å². The highest BCUT2D eigenvalue weighted by Crippen LogP contribution is 2.20. The monoisotopic (exact) mass is 489 g/mol. The minimum atomic E-state index is -0.527. The molecular weight excluding hydrogens is 454 g/mol. The fourth-order valence-corrected chi connectivity index (χ4v) is 3.91. The first-order valence-corrected chi connectivity index (χ1v) is 11.8. The molecule has 0 saturated carbocycles. The molecule has 11 heteroatoms. The van der Waals surface area contributed by atoms with Gasteiger partial charge in [-0.2, -0.15) is 0 Å². The third-order valence-electron chi connectivity index (χ3n) is 6.17. The molecule has 2 heterocycles. The van der Waals surface area contributed by atoms with Gasteiger partial charge in [0.25, 0.3) is 0 Å². The predicted octanol–water partition coefficient (Wildman–Crippen LogP) is 1.94.